The Morgan fingerprint density at radius 1 is 1.37 bits per heavy atom. The van der Waals surface area contributed by atoms with E-state index in [0.29, 0.717) is 6.04 Å². The molecule has 0 aromatic heterocycles. The molecule has 3 rings (SSSR count). The largest absolute Gasteiger partial charge is 0.307 e. The fourth-order valence-corrected chi connectivity index (χ4v) is 3.29. The molecule has 100 valence electrons. The van der Waals surface area contributed by atoms with E-state index in [0.717, 1.165) is 22.6 Å². The second-order valence-electron chi connectivity index (χ2n) is 5.40. The second-order valence-corrected chi connectivity index (χ2v) is 6.28. The molecular formula is C14H16IN3O. The van der Waals surface area contributed by atoms with Crippen molar-refractivity contribution in [1.29, 1.82) is 0 Å². The molecule has 0 N–H and O–H groups in total. The molecule has 0 radical (unpaired) electrons. The molecule has 1 aromatic rings. The van der Waals surface area contributed by atoms with E-state index in [1.54, 1.807) is 0 Å². The summed E-state index contributed by atoms with van der Waals surface area (Å²) in [7, 11) is 0. The van der Waals surface area contributed by atoms with Gasteiger partial charge in [0.15, 0.2) is 0 Å². The summed E-state index contributed by atoms with van der Waals surface area (Å²) in [6.07, 6.45) is 0. The average molecular weight is 369 g/mol. The first-order valence-electron chi connectivity index (χ1n) is 6.36. The zero-order chi connectivity index (χ0) is 13.6. The van der Waals surface area contributed by atoms with Gasteiger partial charge in [-0.3, -0.25) is 9.69 Å². The monoisotopic (exact) mass is 369 g/mol. The number of amides is 1. The maximum atomic E-state index is 12.3. The number of rotatable bonds is 2. The lowest BCUT2D eigenvalue weighted by Crippen LogP contribution is -2.38. The molecule has 4 nitrogen and oxygen atoms in total. The predicted octanol–water partition coefficient (Wildman–Crippen LogP) is 2.29. The van der Waals surface area contributed by atoms with Crippen molar-refractivity contribution in [2.45, 2.75) is 25.4 Å². The van der Waals surface area contributed by atoms with Gasteiger partial charge in [0.2, 0.25) is 5.96 Å². The summed E-state index contributed by atoms with van der Waals surface area (Å²) in [5.41, 5.74) is 0.481. The maximum absolute atomic E-state index is 12.3. The number of aliphatic imine (C=N–C) groups is 1. The molecule has 2 aliphatic heterocycles. The number of carbonyl (C=O) groups is 1. The van der Waals surface area contributed by atoms with Gasteiger partial charge in [-0.15, -0.1) is 0 Å². The fraction of sp³-hybridized carbons (Fsp3) is 0.429. The number of anilines is 1. The molecule has 0 aliphatic carbocycles. The minimum absolute atomic E-state index is 0.107. The van der Waals surface area contributed by atoms with E-state index in [1.165, 1.54) is 0 Å². The summed E-state index contributed by atoms with van der Waals surface area (Å²) in [6, 6.07) is 10.5. The molecule has 5 heteroatoms. The fourth-order valence-electron chi connectivity index (χ4n) is 2.62. The normalized spacial score (nSPS) is 24.7. The van der Waals surface area contributed by atoms with Crippen LogP contribution in [0.4, 0.5) is 5.69 Å². The summed E-state index contributed by atoms with van der Waals surface area (Å²) in [6.45, 7) is 4.49. The van der Waals surface area contributed by atoms with Crippen molar-refractivity contribution in [1.82, 2.24) is 4.90 Å². The topological polar surface area (TPSA) is 35.9 Å². The van der Waals surface area contributed by atoms with E-state index in [-0.39, 0.29) is 5.91 Å². The van der Waals surface area contributed by atoms with E-state index in [4.69, 9.17) is 0 Å². The van der Waals surface area contributed by atoms with E-state index in [2.05, 4.69) is 44.6 Å². The van der Waals surface area contributed by atoms with Gasteiger partial charge in [-0.2, -0.15) is 0 Å². The van der Waals surface area contributed by atoms with Gasteiger partial charge >= 0.3 is 0 Å². The van der Waals surface area contributed by atoms with Gasteiger partial charge in [-0.25, -0.2) is 4.99 Å². The van der Waals surface area contributed by atoms with E-state index < -0.39 is 5.54 Å². The zero-order valence-corrected chi connectivity index (χ0v) is 13.2. The molecule has 2 heterocycles. The number of benzene rings is 1. The van der Waals surface area contributed by atoms with Crippen molar-refractivity contribution in [3.8, 4) is 0 Å². The van der Waals surface area contributed by atoms with Gasteiger partial charge in [0.1, 0.15) is 5.54 Å². The lowest BCUT2D eigenvalue weighted by Gasteiger charge is -2.24. The van der Waals surface area contributed by atoms with Gasteiger partial charge in [0.25, 0.3) is 5.91 Å². The van der Waals surface area contributed by atoms with Gasteiger partial charge in [0.05, 0.1) is 12.6 Å². The molecular weight excluding hydrogens is 353 g/mol. The molecule has 2 aliphatic rings. The second kappa shape index (κ2) is 4.47. The first-order chi connectivity index (χ1) is 9.04. The minimum Gasteiger partial charge on any atom is -0.307 e. The highest BCUT2D eigenvalue weighted by Crippen LogP contribution is 2.33. The van der Waals surface area contributed by atoms with Crippen molar-refractivity contribution in [2.24, 2.45) is 4.99 Å². The van der Waals surface area contributed by atoms with E-state index in [1.807, 2.05) is 36.9 Å². The summed E-state index contributed by atoms with van der Waals surface area (Å²) in [5.74, 6) is 0.915. The van der Waals surface area contributed by atoms with Crippen LogP contribution in [-0.4, -0.2) is 39.3 Å². The molecule has 1 amide bonds. The zero-order valence-electron chi connectivity index (χ0n) is 11.0. The van der Waals surface area contributed by atoms with Gasteiger partial charge in [0, 0.05) is 10.1 Å². The molecule has 0 spiro atoms. The number of alkyl halides is 1. The molecule has 1 fully saturated rings. The average Bonchev–Trinajstić information content (AvgIpc) is 2.85. The van der Waals surface area contributed by atoms with Gasteiger partial charge < -0.3 is 4.90 Å². The molecule has 1 unspecified atom stereocenters. The van der Waals surface area contributed by atoms with E-state index in [9.17, 15) is 4.79 Å². The summed E-state index contributed by atoms with van der Waals surface area (Å²) in [5, 5.41) is 0. The van der Waals surface area contributed by atoms with Gasteiger partial charge in [-0.05, 0) is 26.0 Å². The Balaban J connectivity index is 2.05. The van der Waals surface area contributed by atoms with Crippen LogP contribution in [0, 0.1) is 0 Å². The minimum atomic E-state index is -0.626. The maximum Gasteiger partial charge on any atom is 0.256 e. The molecule has 19 heavy (non-hydrogen) atoms. The molecule has 0 bridgehead atoms. The molecule has 0 saturated carbocycles. The number of carbonyl (C=O) groups excluding carboxylic acids is 1. The van der Waals surface area contributed by atoms with Crippen LogP contribution in [0.2, 0.25) is 0 Å². The van der Waals surface area contributed by atoms with E-state index >= 15 is 0 Å². The van der Waals surface area contributed by atoms with Crippen LogP contribution in [0.5, 0.6) is 0 Å². The highest BCUT2D eigenvalue weighted by Gasteiger charge is 2.49. The van der Waals surface area contributed by atoms with Crippen LogP contribution in [0.25, 0.3) is 0 Å². The standard InChI is InChI=1S/C14H16IN3O/c1-14(2)12(19)17-9-11(8-15)18(13(17)16-14)10-6-4-3-5-7-10/h3-7,11H,8-9H2,1-2H3. The van der Waals surface area contributed by atoms with Crippen molar-refractivity contribution >= 4 is 40.1 Å². The smallest absolute Gasteiger partial charge is 0.256 e. The number of guanidine groups is 1. The summed E-state index contributed by atoms with van der Waals surface area (Å²) >= 11 is 2.37. The van der Waals surface area contributed by atoms with Crippen LogP contribution in [-0.2, 0) is 4.79 Å². The highest BCUT2D eigenvalue weighted by atomic mass is 127. The highest BCUT2D eigenvalue weighted by molar-refractivity contribution is 14.1. The first kappa shape index (κ1) is 12.9. The number of fused-ring (bicyclic) bond motifs is 1. The number of hydrogen-bond donors (Lipinski definition) is 0. The Kier molecular flexibility index (Phi) is 3.03. The Hall–Kier alpha value is -1.11. The Bertz CT molecular complexity index is 541. The van der Waals surface area contributed by atoms with Crippen LogP contribution >= 0.6 is 22.6 Å². The van der Waals surface area contributed by atoms with Crippen molar-refractivity contribution in [3.63, 3.8) is 0 Å². The van der Waals surface area contributed by atoms with Crippen LogP contribution in [0.1, 0.15) is 13.8 Å². The number of nitrogens with zero attached hydrogens (tertiary/aromatic N) is 3. The predicted molar refractivity (Wildman–Crippen MR) is 84.8 cm³/mol. The van der Waals surface area contributed by atoms with Crippen molar-refractivity contribution in [3.05, 3.63) is 30.3 Å². The Labute approximate surface area is 126 Å². The SMILES string of the molecule is CC1(C)N=C2N(CC(CI)N2c2ccccc2)C1=O. The van der Waals surface area contributed by atoms with Crippen molar-refractivity contribution < 1.29 is 4.79 Å². The number of hydrogen-bond acceptors (Lipinski definition) is 3. The summed E-state index contributed by atoms with van der Waals surface area (Å²) in [4.78, 5) is 21.0. The van der Waals surface area contributed by atoms with Crippen LogP contribution < -0.4 is 4.90 Å². The lowest BCUT2D eigenvalue weighted by molar-refractivity contribution is -0.129. The van der Waals surface area contributed by atoms with Crippen LogP contribution in [0.15, 0.2) is 35.3 Å². The molecule has 1 aromatic carbocycles. The first-order valence-corrected chi connectivity index (χ1v) is 7.89. The third-order valence-corrected chi connectivity index (χ3v) is 4.59. The van der Waals surface area contributed by atoms with Crippen molar-refractivity contribution in [2.75, 3.05) is 15.9 Å². The molecule has 1 saturated heterocycles. The number of halogens is 1. The molecule has 1 atom stereocenters. The summed E-state index contributed by atoms with van der Waals surface area (Å²) < 4.78 is 0.968. The lowest BCUT2D eigenvalue weighted by atomic mass is 10.1. The quantitative estimate of drug-likeness (QED) is 0.593. The Morgan fingerprint density at radius 3 is 2.68 bits per heavy atom. The van der Waals surface area contributed by atoms with Crippen LogP contribution in [0.3, 0.4) is 0 Å². The third kappa shape index (κ3) is 1.94. The van der Waals surface area contributed by atoms with Gasteiger partial charge in [-0.1, -0.05) is 40.8 Å². The third-order valence-electron chi connectivity index (χ3n) is 3.58. The number of para-hydroxylation sites is 1. The Morgan fingerprint density at radius 2 is 2.05 bits per heavy atom.